The molecule has 1 aromatic heterocycles. The summed E-state index contributed by atoms with van der Waals surface area (Å²) in [7, 11) is 0. The molecule has 13 heteroatoms. The quantitative estimate of drug-likeness (QED) is 0.412. The highest BCUT2D eigenvalue weighted by Crippen LogP contribution is 2.38. The van der Waals surface area contributed by atoms with Gasteiger partial charge in [-0.05, 0) is 61.3 Å². The van der Waals surface area contributed by atoms with E-state index in [1.54, 1.807) is 25.2 Å². The molecule has 5 rings (SSSR count). The molecular weight excluding hydrogens is 602 g/mol. The number of hydrogen-bond acceptors (Lipinski definition) is 5. The Morgan fingerprint density at radius 1 is 1.18 bits per heavy atom. The van der Waals surface area contributed by atoms with Crippen LogP contribution in [0.2, 0.25) is 0 Å². The van der Waals surface area contributed by atoms with Crippen molar-refractivity contribution >= 4 is 40.8 Å². The standard InChI is InChI=1S/C31H26ClF4N5O3/c1-17-2-3-19(32)4-5-24(17)28(29(43)39-22-14-31(35,36)15-22)40(23-12-20(33)11-21(34)13-23)30(44)25-6-7-27(42)41(25)26-10-18(16-37)8-9-38-26/h2-4,8-13,22,25,28H,5-7,14-15H2,1H3,(H,39,43). The van der Waals surface area contributed by atoms with Crippen LogP contribution in [-0.4, -0.2) is 46.8 Å². The van der Waals surface area contributed by atoms with Crippen molar-refractivity contribution < 1.29 is 31.9 Å². The van der Waals surface area contributed by atoms with Gasteiger partial charge in [0.2, 0.25) is 11.8 Å². The zero-order chi connectivity index (χ0) is 31.8. The van der Waals surface area contributed by atoms with Crippen molar-refractivity contribution in [3.63, 3.8) is 0 Å². The van der Waals surface area contributed by atoms with Gasteiger partial charge in [0.25, 0.3) is 11.8 Å². The first kappa shape index (κ1) is 30.9. The number of halogens is 5. The van der Waals surface area contributed by atoms with E-state index < -0.39 is 66.2 Å². The number of rotatable bonds is 7. The van der Waals surface area contributed by atoms with Gasteiger partial charge < -0.3 is 5.32 Å². The first-order valence-corrected chi connectivity index (χ1v) is 14.1. The van der Waals surface area contributed by atoms with Crippen molar-refractivity contribution in [2.45, 2.75) is 63.1 Å². The van der Waals surface area contributed by atoms with Crippen LogP contribution in [0.4, 0.5) is 29.1 Å². The maximum absolute atomic E-state index is 14.7. The topological polar surface area (TPSA) is 106 Å². The molecule has 2 heterocycles. The van der Waals surface area contributed by atoms with Crippen LogP contribution in [0, 0.1) is 23.0 Å². The predicted octanol–water partition coefficient (Wildman–Crippen LogP) is 5.44. The highest BCUT2D eigenvalue weighted by atomic mass is 35.5. The van der Waals surface area contributed by atoms with Gasteiger partial charge in [0.15, 0.2) is 0 Å². The fraction of sp³-hybridized carbons (Fsp3) is 0.323. The average Bonchev–Trinajstić information content (AvgIpc) is 3.26. The van der Waals surface area contributed by atoms with E-state index in [4.69, 9.17) is 11.6 Å². The molecule has 8 nitrogen and oxygen atoms in total. The van der Waals surface area contributed by atoms with Crippen LogP contribution in [0.3, 0.4) is 0 Å². The Balaban J connectivity index is 1.65. The molecule has 1 aromatic carbocycles. The number of hydrogen-bond donors (Lipinski definition) is 1. The second-order valence-corrected chi connectivity index (χ2v) is 11.3. The maximum atomic E-state index is 14.7. The second kappa shape index (κ2) is 12.2. The maximum Gasteiger partial charge on any atom is 0.252 e. The van der Waals surface area contributed by atoms with Crippen LogP contribution >= 0.6 is 11.6 Å². The van der Waals surface area contributed by atoms with E-state index in [0.717, 1.165) is 21.9 Å². The molecule has 3 aliphatic rings. The van der Waals surface area contributed by atoms with Crippen molar-refractivity contribution in [2.75, 3.05) is 9.80 Å². The molecule has 3 amide bonds. The van der Waals surface area contributed by atoms with Gasteiger partial charge in [-0.25, -0.2) is 22.5 Å². The summed E-state index contributed by atoms with van der Waals surface area (Å²) < 4.78 is 56.7. The third-order valence-electron chi connectivity index (χ3n) is 7.77. The number of carbonyl (C=O) groups is 3. The Morgan fingerprint density at radius 2 is 1.89 bits per heavy atom. The average molecular weight is 628 g/mol. The molecule has 0 spiro atoms. The van der Waals surface area contributed by atoms with Gasteiger partial charge in [-0.1, -0.05) is 23.8 Å². The fourth-order valence-electron chi connectivity index (χ4n) is 5.62. The van der Waals surface area contributed by atoms with Crippen molar-refractivity contribution in [1.29, 1.82) is 5.26 Å². The number of benzene rings is 1. The van der Waals surface area contributed by atoms with Crippen molar-refractivity contribution in [3.8, 4) is 6.07 Å². The number of allylic oxidation sites excluding steroid dienone is 5. The van der Waals surface area contributed by atoms with E-state index in [-0.39, 0.29) is 36.3 Å². The lowest BCUT2D eigenvalue weighted by Gasteiger charge is -2.40. The Labute approximate surface area is 255 Å². The smallest absolute Gasteiger partial charge is 0.252 e. The van der Waals surface area contributed by atoms with Crippen LogP contribution in [0.5, 0.6) is 0 Å². The summed E-state index contributed by atoms with van der Waals surface area (Å²) in [5.74, 6) is -7.22. The Kier molecular flexibility index (Phi) is 8.61. The van der Waals surface area contributed by atoms with Crippen LogP contribution in [0.25, 0.3) is 0 Å². The number of alkyl halides is 2. The summed E-state index contributed by atoms with van der Waals surface area (Å²) in [6.45, 7) is 1.66. The number of anilines is 2. The fourth-order valence-corrected chi connectivity index (χ4v) is 5.76. The van der Waals surface area contributed by atoms with E-state index in [1.807, 2.05) is 6.07 Å². The summed E-state index contributed by atoms with van der Waals surface area (Å²) in [4.78, 5) is 47.8. The number of nitrogens with zero attached hydrogens (tertiary/aromatic N) is 4. The van der Waals surface area contributed by atoms with Crippen LogP contribution in [0.15, 0.2) is 70.9 Å². The van der Waals surface area contributed by atoms with E-state index >= 15 is 0 Å². The lowest BCUT2D eigenvalue weighted by molar-refractivity contribution is -0.132. The molecule has 228 valence electrons. The largest absolute Gasteiger partial charge is 0.351 e. The van der Waals surface area contributed by atoms with Crippen molar-refractivity contribution in [2.24, 2.45) is 0 Å². The Morgan fingerprint density at radius 3 is 2.55 bits per heavy atom. The lowest BCUT2D eigenvalue weighted by Crippen LogP contribution is -2.60. The van der Waals surface area contributed by atoms with Crippen LogP contribution in [-0.2, 0) is 14.4 Å². The zero-order valence-electron chi connectivity index (χ0n) is 23.4. The summed E-state index contributed by atoms with van der Waals surface area (Å²) in [6, 6.07) is 3.29. The monoisotopic (exact) mass is 627 g/mol. The molecule has 2 aromatic rings. The number of aromatic nitrogens is 1. The van der Waals surface area contributed by atoms with E-state index in [1.165, 1.54) is 18.3 Å². The van der Waals surface area contributed by atoms with Gasteiger partial charge in [-0.15, -0.1) is 0 Å². The predicted molar refractivity (Wildman–Crippen MR) is 154 cm³/mol. The van der Waals surface area contributed by atoms with Gasteiger partial charge in [0, 0.05) is 42.6 Å². The SMILES string of the molecule is CC1=C(C(C(=O)NC2CC(F)(F)C2)N(C(=O)C2CCC(=O)N2c2cc(C#N)ccn2)c2cc(F)cc(F)c2)CC=C(Cl)C=C1. The highest BCUT2D eigenvalue weighted by Gasteiger charge is 2.49. The number of carbonyl (C=O) groups excluding carboxylic acids is 3. The van der Waals surface area contributed by atoms with Crippen molar-refractivity contribution in [1.82, 2.24) is 10.3 Å². The molecule has 1 aliphatic heterocycles. The molecule has 2 atom stereocenters. The molecule has 2 unspecified atom stereocenters. The van der Waals surface area contributed by atoms with Gasteiger partial charge >= 0.3 is 0 Å². The first-order valence-electron chi connectivity index (χ1n) is 13.8. The summed E-state index contributed by atoms with van der Waals surface area (Å²) in [5, 5.41) is 12.3. The van der Waals surface area contributed by atoms with Gasteiger partial charge in [-0.2, -0.15) is 5.26 Å². The molecule has 0 bridgehead atoms. The number of nitriles is 1. The number of pyridine rings is 1. The molecule has 1 N–H and O–H groups in total. The Bertz CT molecular complexity index is 1640. The second-order valence-electron chi connectivity index (χ2n) is 10.9. The van der Waals surface area contributed by atoms with Gasteiger partial charge in [-0.3, -0.25) is 24.2 Å². The molecule has 2 fully saturated rings. The minimum absolute atomic E-state index is 0.00971. The summed E-state index contributed by atoms with van der Waals surface area (Å²) in [5.41, 5.74) is 0.676. The van der Waals surface area contributed by atoms with E-state index in [2.05, 4.69) is 10.3 Å². The first-order chi connectivity index (χ1) is 20.9. The minimum Gasteiger partial charge on any atom is -0.351 e. The number of nitrogens with one attached hydrogen (secondary N) is 1. The number of amides is 3. The normalized spacial score (nSPS) is 20.4. The van der Waals surface area contributed by atoms with E-state index in [0.29, 0.717) is 22.2 Å². The van der Waals surface area contributed by atoms with Gasteiger partial charge in [0.1, 0.15) is 29.5 Å². The van der Waals surface area contributed by atoms with Crippen LogP contribution in [0.1, 0.15) is 44.6 Å². The molecule has 2 aliphatic carbocycles. The Hall–Kier alpha value is -4.50. The van der Waals surface area contributed by atoms with E-state index in [9.17, 15) is 37.2 Å². The minimum atomic E-state index is -2.96. The summed E-state index contributed by atoms with van der Waals surface area (Å²) >= 11 is 6.23. The molecule has 44 heavy (non-hydrogen) atoms. The third-order valence-corrected chi connectivity index (χ3v) is 8.05. The van der Waals surface area contributed by atoms with Crippen molar-refractivity contribution in [3.05, 3.63) is 88.1 Å². The molecule has 1 saturated heterocycles. The van der Waals surface area contributed by atoms with Crippen LogP contribution < -0.4 is 15.1 Å². The van der Waals surface area contributed by atoms with Gasteiger partial charge in [0.05, 0.1) is 17.3 Å². The zero-order valence-corrected chi connectivity index (χ0v) is 24.1. The summed E-state index contributed by atoms with van der Waals surface area (Å²) in [6.07, 6.45) is 4.77. The highest BCUT2D eigenvalue weighted by molar-refractivity contribution is 6.31. The molecular formula is C31H26ClF4N5O3. The lowest BCUT2D eigenvalue weighted by atomic mass is 9.87. The third kappa shape index (κ3) is 6.38. The molecule has 0 radical (unpaired) electrons. The molecule has 1 saturated carbocycles.